The van der Waals surface area contributed by atoms with Gasteiger partial charge in [0, 0.05) is 27.7 Å². The minimum absolute atomic E-state index is 0.112. The van der Waals surface area contributed by atoms with E-state index < -0.39 is 12.6 Å². The molecule has 3 rings (SSSR count). The van der Waals surface area contributed by atoms with Crippen molar-refractivity contribution >= 4 is 27.8 Å². The Balaban J connectivity index is 1.67. The Labute approximate surface area is 171 Å². The number of hydrogen-bond donors (Lipinski definition) is 2. The van der Waals surface area contributed by atoms with E-state index in [-0.39, 0.29) is 24.5 Å². The molecule has 0 unspecified atom stereocenters. The van der Waals surface area contributed by atoms with Gasteiger partial charge in [-0.3, -0.25) is 4.79 Å². The molecule has 1 heterocycles. The van der Waals surface area contributed by atoms with Gasteiger partial charge in [0.15, 0.2) is 0 Å². The van der Waals surface area contributed by atoms with E-state index in [9.17, 15) is 9.59 Å². The average molecular weight is 448 g/mol. The van der Waals surface area contributed by atoms with Crippen LogP contribution in [0.5, 0.6) is 0 Å². The molecule has 0 radical (unpaired) electrons. The summed E-state index contributed by atoms with van der Waals surface area (Å²) < 4.78 is 7.76. The van der Waals surface area contributed by atoms with Gasteiger partial charge in [0.05, 0.1) is 11.4 Å². The van der Waals surface area contributed by atoms with Gasteiger partial charge in [-0.1, -0.05) is 34.1 Å². The van der Waals surface area contributed by atoms with Gasteiger partial charge < -0.3 is 15.2 Å². The number of carbonyl (C=O) groups is 2. The second-order valence-corrected chi connectivity index (χ2v) is 7.68. The summed E-state index contributed by atoms with van der Waals surface area (Å²) in [6, 6.07) is 7.87. The van der Waals surface area contributed by atoms with Crippen molar-refractivity contribution < 1.29 is 19.4 Å². The predicted octanol–water partition coefficient (Wildman–Crippen LogP) is 2.88. The zero-order chi connectivity index (χ0) is 20.3. The van der Waals surface area contributed by atoms with Crippen LogP contribution in [0.15, 0.2) is 40.9 Å². The number of rotatable bonds is 7. The van der Waals surface area contributed by atoms with Crippen LogP contribution in [0.2, 0.25) is 0 Å². The number of carboxylic acids is 1. The van der Waals surface area contributed by atoms with Crippen molar-refractivity contribution in [3.8, 4) is 5.69 Å². The predicted molar refractivity (Wildman–Crippen MR) is 108 cm³/mol. The van der Waals surface area contributed by atoms with Crippen molar-refractivity contribution in [2.75, 3.05) is 13.2 Å². The Morgan fingerprint density at radius 3 is 2.82 bits per heavy atom. The summed E-state index contributed by atoms with van der Waals surface area (Å²) in [5.41, 5.74) is 4.18. The molecule has 8 heteroatoms. The van der Waals surface area contributed by atoms with Crippen molar-refractivity contribution in [2.45, 2.75) is 32.2 Å². The fourth-order valence-electron chi connectivity index (χ4n) is 3.55. The second-order valence-electron chi connectivity index (χ2n) is 6.76. The third kappa shape index (κ3) is 4.69. The van der Waals surface area contributed by atoms with Gasteiger partial charge in [0.25, 0.3) is 0 Å². The van der Waals surface area contributed by atoms with Crippen LogP contribution in [0.1, 0.15) is 29.3 Å². The first-order valence-corrected chi connectivity index (χ1v) is 9.73. The summed E-state index contributed by atoms with van der Waals surface area (Å²) in [6.07, 6.45) is 4.79. The first kappa shape index (κ1) is 20.3. The number of aromatic nitrogens is 2. The van der Waals surface area contributed by atoms with E-state index >= 15 is 0 Å². The Morgan fingerprint density at radius 1 is 1.32 bits per heavy atom. The van der Waals surface area contributed by atoms with Gasteiger partial charge in [-0.25, -0.2) is 9.48 Å². The van der Waals surface area contributed by atoms with Crippen molar-refractivity contribution in [1.29, 1.82) is 0 Å². The quantitative estimate of drug-likeness (QED) is 0.636. The fourth-order valence-corrected chi connectivity index (χ4v) is 3.94. The van der Waals surface area contributed by atoms with Crippen molar-refractivity contribution in [2.24, 2.45) is 0 Å². The Kier molecular flexibility index (Phi) is 6.31. The van der Waals surface area contributed by atoms with E-state index in [2.05, 4.69) is 34.2 Å². The molecule has 0 spiro atoms. The SMILES string of the molecule is Cc1nn(-c2cccc(Br)c2)c(C)c1[C@@H]1C=C[C@@H](NC(=O)COCC(=O)O)C1. The number of carboxylic acid groups (broad SMARTS) is 1. The highest BCUT2D eigenvalue weighted by molar-refractivity contribution is 9.10. The van der Waals surface area contributed by atoms with Crippen molar-refractivity contribution in [3.63, 3.8) is 0 Å². The van der Waals surface area contributed by atoms with Crippen LogP contribution in [0.3, 0.4) is 0 Å². The minimum atomic E-state index is -1.10. The number of amides is 1. The molecule has 1 aliphatic carbocycles. The van der Waals surface area contributed by atoms with Gasteiger partial charge >= 0.3 is 5.97 Å². The number of nitrogens with one attached hydrogen (secondary N) is 1. The first-order valence-electron chi connectivity index (χ1n) is 8.94. The molecule has 2 aromatic rings. The molecule has 1 amide bonds. The smallest absolute Gasteiger partial charge is 0.329 e. The molecule has 1 aromatic carbocycles. The third-order valence-corrected chi connectivity index (χ3v) is 5.15. The van der Waals surface area contributed by atoms with E-state index in [1.54, 1.807) is 0 Å². The number of hydrogen-bond acceptors (Lipinski definition) is 4. The Morgan fingerprint density at radius 2 is 2.11 bits per heavy atom. The van der Waals surface area contributed by atoms with Crippen LogP contribution in [0, 0.1) is 13.8 Å². The van der Waals surface area contributed by atoms with Gasteiger partial charge in [-0.05, 0) is 38.5 Å². The Hall–Kier alpha value is -2.45. The lowest BCUT2D eigenvalue weighted by atomic mass is 9.96. The van der Waals surface area contributed by atoms with E-state index in [0.29, 0.717) is 0 Å². The zero-order valence-electron chi connectivity index (χ0n) is 15.7. The summed E-state index contributed by atoms with van der Waals surface area (Å²) in [5.74, 6) is -1.26. The minimum Gasteiger partial charge on any atom is -0.480 e. The van der Waals surface area contributed by atoms with Gasteiger partial charge in [0.2, 0.25) is 5.91 Å². The molecule has 7 nitrogen and oxygen atoms in total. The number of benzene rings is 1. The maximum absolute atomic E-state index is 11.9. The van der Waals surface area contributed by atoms with Crippen LogP contribution in [0.4, 0.5) is 0 Å². The second kappa shape index (κ2) is 8.70. The lowest BCUT2D eigenvalue weighted by molar-refractivity contribution is -0.143. The highest BCUT2D eigenvalue weighted by atomic mass is 79.9. The van der Waals surface area contributed by atoms with E-state index in [0.717, 1.165) is 33.5 Å². The van der Waals surface area contributed by atoms with Gasteiger partial charge in [0.1, 0.15) is 13.2 Å². The van der Waals surface area contributed by atoms with E-state index in [1.165, 1.54) is 0 Å². The van der Waals surface area contributed by atoms with Crippen LogP contribution in [-0.2, 0) is 14.3 Å². The number of ether oxygens (including phenoxy) is 1. The molecule has 0 bridgehead atoms. The lowest BCUT2D eigenvalue weighted by Gasteiger charge is -2.15. The maximum atomic E-state index is 11.9. The molecule has 28 heavy (non-hydrogen) atoms. The topological polar surface area (TPSA) is 93.5 Å². The summed E-state index contributed by atoms with van der Waals surface area (Å²) in [7, 11) is 0. The summed E-state index contributed by atoms with van der Waals surface area (Å²) in [5, 5.41) is 16.1. The van der Waals surface area contributed by atoms with Crippen LogP contribution < -0.4 is 5.32 Å². The number of halogens is 1. The van der Waals surface area contributed by atoms with Gasteiger partial charge in [-0.15, -0.1) is 0 Å². The number of carbonyl (C=O) groups excluding carboxylic acids is 1. The molecular weight excluding hydrogens is 426 g/mol. The molecule has 1 aliphatic rings. The average Bonchev–Trinajstić information content (AvgIpc) is 3.18. The number of aryl methyl sites for hydroxylation is 1. The van der Waals surface area contributed by atoms with Crippen LogP contribution in [-0.4, -0.2) is 46.0 Å². The Bertz CT molecular complexity index is 922. The maximum Gasteiger partial charge on any atom is 0.329 e. The van der Waals surface area contributed by atoms with Crippen molar-refractivity contribution in [1.82, 2.24) is 15.1 Å². The summed E-state index contributed by atoms with van der Waals surface area (Å²) >= 11 is 3.50. The molecule has 2 N–H and O–H groups in total. The molecule has 148 valence electrons. The number of allylic oxidation sites excluding steroid dienone is 1. The standard InChI is InChI=1S/C20H22BrN3O4/c1-12-20(13(2)24(23-12)17-5-3-4-15(21)9-17)14-6-7-16(8-14)22-18(25)10-28-11-19(26)27/h3-7,9,14,16H,8,10-11H2,1-2H3,(H,22,25)(H,26,27)/t14-,16-/m1/s1. The highest BCUT2D eigenvalue weighted by Gasteiger charge is 2.27. The third-order valence-electron chi connectivity index (χ3n) is 4.66. The molecule has 2 atom stereocenters. The summed E-state index contributed by atoms with van der Waals surface area (Å²) in [6.45, 7) is 3.30. The molecule has 0 fully saturated rings. The number of nitrogens with zero attached hydrogens (tertiary/aromatic N) is 2. The normalized spacial score (nSPS) is 18.4. The monoisotopic (exact) mass is 447 g/mol. The highest BCUT2D eigenvalue weighted by Crippen LogP contribution is 2.34. The molecule has 1 aromatic heterocycles. The molecule has 0 saturated carbocycles. The molecule has 0 aliphatic heterocycles. The lowest BCUT2D eigenvalue weighted by Crippen LogP contribution is -2.35. The molecule has 0 saturated heterocycles. The fraction of sp³-hybridized carbons (Fsp3) is 0.350. The molecular formula is C20H22BrN3O4. The van der Waals surface area contributed by atoms with Crippen LogP contribution in [0.25, 0.3) is 5.69 Å². The largest absolute Gasteiger partial charge is 0.480 e. The first-order chi connectivity index (χ1) is 13.3. The van der Waals surface area contributed by atoms with Crippen LogP contribution >= 0.6 is 15.9 Å². The summed E-state index contributed by atoms with van der Waals surface area (Å²) in [4.78, 5) is 22.3. The van der Waals surface area contributed by atoms with E-state index in [1.807, 2.05) is 41.9 Å². The van der Waals surface area contributed by atoms with Crippen molar-refractivity contribution in [3.05, 3.63) is 57.8 Å². The van der Waals surface area contributed by atoms with E-state index in [4.69, 9.17) is 14.9 Å². The number of aliphatic carboxylic acids is 1. The van der Waals surface area contributed by atoms with Gasteiger partial charge in [-0.2, -0.15) is 5.10 Å². The zero-order valence-corrected chi connectivity index (χ0v) is 17.3.